The maximum atomic E-state index is 11.9. The second kappa shape index (κ2) is 9.84. The van der Waals surface area contributed by atoms with Crippen LogP contribution in [0, 0.1) is 40.4 Å². The minimum atomic E-state index is -0.962. The summed E-state index contributed by atoms with van der Waals surface area (Å²) in [5.41, 5.74) is 1.67. The molecule has 0 unspecified atom stereocenters. The Bertz CT molecular complexity index is 846. The third kappa shape index (κ3) is 5.22. The van der Waals surface area contributed by atoms with Crippen LogP contribution in [0.4, 0.5) is 0 Å². The second-order valence-corrected chi connectivity index (χ2v) is 13.4. The second-order valence-electron chi connectivity index (χ2n) is 13.4. The quantitative estimate of drug-likeness (QED) is 0.300. The van der Waals surface area contributed by atoms with Crippen LogP contribution in [-0.2, 0) is 14.3 Å². The molecule has 0 bridgehead atoms. The van der Waals surface area contributed by atoms with Gasteiger partial charge in [-0.25, -0.2) is 0 Å². The monoisotopic (exact) mass is 488 g/mol. The lowest BCUT2D eigenvalue weighted by molar-refractivity contribution is -0.151. The highest BCUT2D eigenvalue weighted by Gasteiger charge is 2.59. The lowest BCUT2D eigenvalue weighted by Gasteiger charge is -2.59. The molecule has 0 aromatic carbocycles. The van der Waals surface area contributed by atoms with Crippen molar-refractivity contribution in [3.8, 4) is 0 Å². The minimum Gasteiger partial charge on any atom is -0.481 e. The molecule has 5 nitrogen and oxygen atoms in total. The van der Waals surface area contributed by atoms with Crippen LogP contribution in [0.15, 0.2) is 11.6 Å². The van der Waals surface area contributed by atoms with E-state index < -0.39 is 17.5 Å². The van der Waals surface area contributed by atoms with E-state index in [4.69, 9.17) is 9.84 Å². The number of carbonyl (C=O) groups is 2. The van der Waals surface area contributed by atoms with E-state index >= 15 is 0 Å². The fourth-order valence-corrected chi connectivity index (χ4v) is 9.03. The molecule has 0 amide bonds. The molecule has 0 aliphatic heterocycles. The van der Waals surface area contributed by atoms with Gasteiger partial charge >= 0.3 is 11.9 Å². The summed E-state index contributed by atoms with van der Waals surface area (Å²) in [5.74, 6) is 2.27. The number of fused-ring (bicyclic) bond motifs is 5. The Kier molecular flexibility index (Phi) is 7.50. The number of rotatable bonds is 8. The summed E-state index contributed by atoms with van der Waals surface area (Å²) in [6.45, 7) is 11.4. The number of hydrogen-bond donors (Lipinski definition) is 2. The smallest absolute Gasteiger partial charge is 0.306 e. The molecular weight excluding hydrogens is 440 g/mol. The standard InChI is InChI=1S/C30H48O5/c1-19(6-7-20(2)35-27(33)13-12-26(31)32)23-10-11-24-22-9-8-21-18-28(3,34)16-17-29(21,4)25(22)14-15-30(23,24)5/h8,19-20,22-25,34H,6-7,9-18H2,1-5H3,(H,31,32)/t19-,20+,22+,23-,24+,25+,28+,29+,30-/m1/s1. The van der Waals surface area contributed by atoms with E-state index in [-0.39, 0.29) is 24.4 Å². The first-order valence-corrected chi connectivity index (χ1v) is 14.2. The zero-order valence-corrected chi connectivity index (χ0v) is 22.6. The Morgan fingerprint density at radius 1 is 1.03 bits per heavy atom. The highest BCUT2D eigenvalue weighted by Crippen LogP contribution is 2.67. The van der Waals surface area contributed by atoms with E-state index in [0.717, 1.165) is 49.9 Å². The first-order valence-electron chi connectivity index (χ1n) is 14.2. The molecule has 0 spiro atoms. The molecule has 4 rings (SSSR count). The zero-order chi connectivity index (χ0) is 25.6. The lowest BCUT2D eigenvalue weighted by atomic mass is 9.46. The number of carbonyl (C=O) groups excluding carboxylic acids is 1. The number of esters is 1. The van der Waals surface area contributed by atoms with E-state index in [0.29, 0.717) is 17.3 Å². The van der Waals surface area contributed by atoms with Gasteiger partial charge < -0.3 is 14.9 Å². The molecule has 4 aliphatic rings. The third-order valence-electron chi connectivity index (χ3n) is 11.0. The maximum absolute atomic E-state index is 11.9. The van der Waals surface area contributed by atoms with Gasteiger partial charge in [0.2, 0.25) is 0 Å². The molecule has 0 radical (unpaired) electrons. The van der Waals surface area contributed by atoms with Crippen LogP contribution in [0.5, 0.6) is 0 Å². The van der Waals surface area contributed by atoms with Crippen LogP contribution in [0.25, 0.3) is 0 Å². The van der Waals surface area contributed by atoms with Crippen LogP contribution in [0.3, 0.4) is 0 Å². The summed E-state index contributed by atoms with van der Waals surface area (Å²) in [5, 5.41) is 19.5. The predicted molar refractivity (Wildman–Crippen MR) is 137 cm³/mol. The predicted octanol–water partition coefficient (Wildman–Crippen LogP) is 6.53. The van der Waals surface area contributed by atoms with Gasteiger partial charge in [0.15, 0.2) is 0 Å². The number of allylic oxidation sites excluding steroid dienone is 1. The van der Waals surface area contributed by atoms with Crippen molar-refractivity contribution in [1.82, 2.24) is 0 Å². The molecule has 5 heteroatoms. The molecule has 0 aromatic heterocycles. The van der Waals surface area contributed by atoms with Gasteiger partial charge in [0, 0.05) is 0 Å². The fraction of sp³-hybridized carbons (Fsp3) is 0.867. The van der Waals surface area contributed by atoms with Crippen LogP contribution in [0.2, 0.25) is 0 Å². The topological polar surface area (TPSA) is 83.8 Å². The Morgan fingerprint density at radius 2 is 1.77 bits per heavy atom. The number of carboxylic acids is 1. The van der Waals surface area contributed by atoms with Crippen molar-refractivity contribution in [3.63, 3.8) is 0 Å². The normalized spacial score (nSPS) is 42.2. The molecule has 0 aromatic rings. The largest absolute Gasteiger partial charge is 0.481 e. The Balaban J connectivity index is 1.36. The van der Waals surface area contributed by atoms with Crippen LogP contribution >= 0.6 is 0 Å². The summed E-state index contributed by atoms with van der Waals surface area (Å²) in [4.78, 5) is 22.6. The Morgan fingerprint density at radius 3 is 2.49 bits per heavy atom. The summed E-state index contributed by atoms with van der Waals surface area (Å²) in [6, 6.07) is 0. The highest BCUT2D eigenvalue weighted by molar-refractivity contribution is 5.76. The number of aliphatic hydroxyl groups is 1. The molecule has 0 heterocycles. The maximum Gasteiger partial charge on any atom is 0.306 e. The van der Waals surface area contributed by atoms with Crippen molar-refractivity contribution in [2.75, 3.05) is 0 Å². The number of hydrogen-bond acceptors (Lipinski definition) is 4. The molecule has 2 N–H and O–H groups in total. The van der Waals surface area contributed by atoms with Crippen LogP contribution < -0.4 is 0 Å². The van der Waals surface area contributed by atoms with Crippen molar-refractivity contribution in [2.45, 2.75) is 123 Å². The number of aliphatic carboxylic acids is 1. The van der Waals surface area contributed by atoms with E-state index in [1.165, 1.54) is 37.7 Å². The fourth-order valence-electron chi connectivity index (χ4n) is 9.03. The van der Waals surface area contributed by atoms with Gasteiger partial charge in [-0.15, -0.1) is 0 Å². The molecule has 3 saturated carbocycles. The van der Waals surface area contributed by atoms with Crippen LogP contribution in [-0.4, -0.2) is 33.9 Å². The highest BCUT2D eigenvalue weighted by atomic mass is 16.5. The van der Waals surface area contributed by atoms with Gasteiger partial charge in [0.05, 0.1) is 24.5 Å². The van der Waals surface area contributed by atoms with Gasteiger partial charge in [-0.2, -0.15) is 0 Å². The van der Waals surface area contributed by atoms with E-state index in [9.17, 15) is 14.7 Å². The molecule has 9 atom stereocenters. The van der Waals surface area contributed by atoms with Crippen molar-refractivity contribution in [1.29, 1.82) is 0 Å². The Labute approximate surface area is 212 Å². The SMILES string of the molecule is C[C@H](CC[C@H](C)OC(=O)CCC(=O)O)[C@H]1CC[C@H]2[C@@H]3CC=C4C[C@@](C)(O)CC[C@]4(C)[C@H]3CC[C@]12C. The zero-order valence-electron chi connectivity index (χ0n) is 22.6. The van der Waals surface area contributed by atoms with E-state index in [1.807, 2.05) is 13.8 Å². The van der Waals surface area contributed by atoms with E-state index in [2.05, 4.69) is 26.8 Å². The van der Waals surface area contributed by atoms with Gasteiger partial charge in [0.25, 0.3) is 0 Å². The van der Waals surface area contributed by atoms with Crippen molar-refractivity contribution in [2.24, 2.45) is 40.4 Å². The van der Waals surface area contributed by atoms with Crippen LogP contribution in [0.1, 0.15) is 112 Å². The molecule has 35 heavy (non-hydrogen) atoms. The first-order chi connectivity index (χ1) is 16.4. The van der Waals surface area contributed by atoms with Gasteiger partial charge in [-0.1, -0.05) is 32.4 Å². The van der Waals surface area contributed by atoms with E-state index in [1.54, 1.807) is 0 Å². The molecule has 4 aliphatic carbocycles. The summed E-state index contributed by atoms with van der Waals surface area (Å²) in [6.07, 6.45) is 13.4. The molecule has 198 valence electrons. The van der Waals surface area contributed by atoms with Gasteiger partial charge in [-0.05, 0) is 118 Å². The average molecular weight is 489 g/mol. The summed E-state index contributed by atoms with van der Waals surface area (Å²) in [7, 11) is 0. The lowest BCUT2D eigenvalue weighted by Crippen LogP contribution is -2.52. The summed E-state index contributed by atoms with van der Waals surface area (Å²) < 4.78 is 5.47. The first kappa shape index (κ1) is 26.7. The van der Waals surface area contributed by atoms with Crippen molar-refractivity contribution >= 4 is 11.9 Å². The Hall–Kier alpha value is -1.36. The number of carboxylic acid groups (broad SMARTS) is 1. The van der Waals surface area contributed by atoms with Crippen molar-refractivity contribution in [3.05, 3.63) is 11.6 Å². The molecule has 0 saturated heterocycles. The van der Waals surface area contributed by atoms with Gasteiger partial charge in [-0.3, -0.25) is 9.59 Å². The van der Waals surface area contributed by atoms with Gasteiger partial charge in [0.1, 0.15) is 0 Å². The third-order valence-corrected chi connectivity index (χ3v) is 11.0. The molecule has 3 fully saturated rings. The average Bonchev–Trinajstić information content (AvgIpc) is 3.14. The minimum absolute atomic E-state index is 0.0488. The van der Waals surface area contributed by atoms with Crippen molar-refractivity contribution < 1.29 is 24.5 Å². The number of ether oxygens (including phenoxy) is 1. The summed E-state index contributed by atoms with van der Waals surface area (Å²) >= 11 is 0. The molecular formula is C30H48O5.